The highest BCUT2D eigenvalue weighted by molar-refractivity contribution is 5.87. The Bertz CT molecular complexity index is 936. The van der Waals surface area contributed by atoms with Crippen molar-refractivity contribution in [3.8, 4) is 17.1 Å². The topological polar surface area (TPSA) is 39.2 Å². The Morgan fingerprint density at radius 3 is 2.72 bits per heavy atom. The molecule has 0 saturated carbocycles. The van der Waals surface area contributed by atoms with Crippen molar-refractivity contribution in [2.75, 3.05) is 7.11 Å². The molecule has 1 unspecified atom stereocenters. The predicted octanol–water partition coefficient (Wildman–Crippen LogP) is 4.82. The van der Waals surface area contributed by atoms with Gasteiger partial charge >= 0.3 is 0 Å². The first-order valence-corrected chi connectivity index (χ1v) is 8.22. The Balaban J connectivity index is 2.00. The molecule has 3 aromatic rings. The van der Waals surface area contributed by atoms with Gasteiger partial charge in [0.15, 0.2) is 0 Å². The van der Waals surface area contributed by atoms with Crippen LogP contribution in [0.25, 0.3) is 22.0 Å². The Hall–Kier alpha value is -2.75. The van der Waals surface area contributed by atoms with E-state index < -0.39 is 0 Å². The molecular weight excluding hydrogens is 317 g/mol. The number of fused-ring (bicyclic) bond motifs is 1. The maximum absolute atomic E-state index is 14.0. The van der Waals surface area contributed by atoms with Gasteiger partial charge in [0.05, 0.1) is 12.8 Å². The zero-order chi connectivity index (χ0) is 18.0. The van der Waals surface area contributed by atoms with Gasteiger partial charge in [0.1, 0.15) is 11.6 Å². The molecule has 0 fully saturated rings. The summed E-state index contributed by atoms with van der Waals surface area (Å²) in [6.45, 7) is 3.48. The molecule has 0 spiro atoms. The van der Waals surface area contributed by atoms with Crippen molar-refractivity contribution < 1.29 is 13.9 Å². The summed E-state index contributed by atoms with van der Waals surface area (Å²) in [7, 11) is 1.56. The Kier molecular flexibility index (Phi) is 4.79. The second-order valence-corrected chi connectivity index (χ2v) is 6.26. The van der Waals surface area contributed by atoms with Crippen LogP contribution in [0.3, 0.4) is 0 Å². The molecule has 0 radical (unpaired) electrons. The molecular formula is C21H20FNO2. The molecule has 1 atom stereocenters. The molecule has 0 bridgehead atoms. The summed E-state index contributed by atoms with van der Waals surface area (Å²) in [5, 5.41) is 1.41. The number of halogens is 1. The maximum Gasteiger partial charge on any atom is 0.216 e. The first kappa shape index (κ1) is 17.1. The Morgan fingerprint density at radius 2 is 2.00 bits per heavy atom. The molecule has 2 aromatic carbocycles. The van der Waals surface area contributed by atoms with E-state index in [1.165, 1.54) is 6.07 Å². The number of rotatable bonds is 5. The molecule has 128 valence electrons. The molecule has 25 heavy (non-hydrogen) atoms. The van der Waals surface area contributed by atoms with Crippen molar-refractivity contribution in [3.63, 3.8) is 0 Å². The van der Waals surface area contributed by atoms with Gasteiger partial charge in [-0.3, -0.25) is 4.79 Å². The molecule has 3 nitrogen and oxygen atoms in total. The van der Waals surface area contributed by atoms with Crippen LogP contribution in [0.15, 0.2) is 48.5 Å². The van der Waals surface area contributed by atoms with E-state index in [-0.39, 0.29) is 17.5 Å². The number of benzene rings is 2. The van der Waals surface area contributed by atoms with Crippen LogP contribution in [-0.2, 0) is 11.2 Å². The molecule has 1 aromatic heterocycles. The van der Waals surface area contributed by atoms with Crippen LogP contribution in [-0.4, -0.2) is 17.9 Å². The minimum atomic E-state index is -0.252. The zero-order valence-corrected chi connectivity index (χ0v) is 14.5. The van der Waals surface area contributed by atoms with E-state index in [1.807, 2.05) is 37.3 Å². The van der Waals surface area contributed by atoms with Gasteiger partial charge in [0.25, 0.3) is 0 Å². The van der Waals surface area contributed by atoms with E-state index in [0.717, 1.165) is 16.5 Å². The highest BCUT2D eigenvalue weighted by Crippen LogP contribution is 2.28. The third-order valence-corrected chi connectivity index (χ3v) is 4.48. The van der Waals surface area contributed by atoms with E-state index in [4.69, 9.17) is 4.74 Å². The Morgan fingerprint density at radius 1 is 1.20 bits per heavy atom. The fourth-order valence-corrected chi connectivity index (χ4v) is 2.83. The predicted molar refractivity (Wildman–Crippen MR) is 97.2 cm³/mol. The summed E-state index contributed by atoms with van der Waals surface area (Å²) in [6, 6.07) is 14.4. The molecule has 1 heterocycles. The second-order valence-electron chi connectivity index (χ2n) is 6.26. The third-order valence-electron chi connectivity index (χ3n) is 4.48. The van der Waals surface area contributed by atoms with Crippen LogP contribution in [0.5, 0.6) is 5.88 Å². The van der Waals surface area contributed by atoms with E-state index >= 15 is 0 Å². The van der Waals surface area contributed by atoms with Gasteiger partial charge in [-0.25, -0.2) is 9.37 Å². The van der Waals surface area contributed by atoms with Crippen molar-refractivity contribution >= 4 is 16.6 Å². The van der Waals surface area contributed by atoms with Crippen LogP contribution < -0.4 is 4.74 Å². The smallest absolute Gasteiger partial charge is 0.216 e. The summed E-state index contributed by atoms with van der Waals surface area (Å²) in [4.78, 5) is 16.1. The van der Waals surface area contributed by atoms with E-state index in [0.29, 0.717) is 23.4 Å². The SMILES string of the molecule is COc1nc(-c2ccc3cccc(F)c3c2)ccc1CC(C)C(C)=O. The summed E-state index contributed by atoms with van der Waals surface area (Å²) >= 11 is 0. The number of ether oxygens (including phenoxy) is 1. The quantitative estimate of drug-likeness (QED) is 0.670. The van der Waals surface area contributed by atoms with Crippen molar-refractivity contribution in [1.29, 1.82) is 0 Å². The summed E-state index contributed by atoms with van der Waals surface area (Å²) in [5.74, 6) is 0.296. The van der Waals surface area contributed by atoms with Crippen LogP contribution in [0.1, 0.15) is 19.4 Å². The molecule has 0 aliphatic carbocycles. The molecule has 0 aliphatic rings. The number of pyridine rings is 1. The lowest BCUT2D eigenvalue weighted by Gasteiger charge is -2.13. The number of carbonyl (C=O) groups excluding carboxylic acids is 1. The fourth-order valence-electron chi connectivity index (χ4n) is 2.83. The third kappa shape index (κ3) is 3.53. The van der Waals surface area contributed by atoms with Gasteiger partial charge in [0, 0.05) is 22.4 Å². The van der Waals surface area contributed by atoms with E-state index in [1.54, 1.807) is 26.2 Å². The van der Waals surface area contributed by atoms with Gasteiger partial charge in [-0.05, 0) is 36.9 Å². The number of nitrogens with zero attached hydrogens (tertiary/aromatic N) is 1. The largest absolute Gasteiger partial charge is 0.481 e. The van der Waals surface area contributed by atoms with Crippen molar-refractivity contribution in [1.82, 2.24) is 4.98 Å². The first-order chi connectivity index (χ1) is 12.0. The first-order valence-electron chi connectivity index (χ1n) is 8.22. The summed E-state index contributed by atoms with van der Waals surface area (Å²) in [5.41, 5.74) is 2.42. The van der Waals surface area contributed by atoms with Crippen molar-refractivity contribution in [3.05, 3.63) is 59.9 Å². The molecule has 0 aliphatic heterocycles. The van der Waals surface area contributed by atoms with E-state index in [9.17, 15) is 9.18 Å². The van der Waals surface area contributed by atoms with Gasteiger partial charge in [-0.2, -0.15) is 0 Å². The molecule has 3 rings (SSSR count). The van der Waals surface area contributed by atoms with Crippen molar-refractivity contribution in [2.24, 2.45) is 5.92 Å². The minimum Gasteiger partial charge on any atom is -0.481 e. The standard InChI is InChI=1S/C21H20FNO2/c1-13(14(2)24)11-17-9-10-20(23-21(17)25-3)16-8-7-15-5-4-6-19(22)18(15)12-16/h4-10,12-13H,11H2,1-3H3. The fraction of sp³-hybridized carbons (Fsp3) is 0.238. The average molecular weight is 337 g/mol. The molecule has 0 saturated heterocycles. The molecule has 4 heteroatoms. The summed E-state index contributed by atoms with van der Waals surface area (Å²) < 4.78 is 19.4. The van der Waals surface area contributed by atoms with Crippen LogP contribution >= 0.6 is 0 Å². The molecule has 0 amide bonds. The monoisotopic (exact) mass is 337 g/mol. The van der Waals surface area contributed by atoms with Crippen LogP contribution in [0.2, 0.25) is 0 Å². The number of carbonyl (C=O) groups is 1. The average Bonchev–Trinajstić information content (AvgIpc) is 2.62. The number of methoxy groups -OCH3 is 1. The van der Waals surface area contributed by atoms with E-state index in [2.05, 4.69) is 4.98 Å². The molecule has 0 N–H and O–H groups in total. The number of ketones is 1. The lowest BCUT2D eigenvalue weighted by Crippen LogP contribution is -2.10. The normalized spacial score (nSPS) is 12.2. The minimum absolute atomic E-state index is 0.0867. The van der Waals surface area contributed by atoms with Gasteiger partial charge in [-0.15, -0.1) is 0 Å². The summed E-state index contributed by atoms with van der Waals surface area (Å²) in [6.07, 6.45) is 0.581. The number of hydrogen-bond acceptors (Lipinski definition) is 3. The highest BCUT2D eigenvalue weighted by Gasteiger charge is 2.14. The highest BCUT2D eigenvalue weighted by atomic mass is 19.1. The van der Waals surface area contributed by atoms with Crippen LogP contribution in [0, 0.1) is 11.7 Å². The second kappa shape index (κ2) is 7.01. The lowest BCUT2D eigenvalue weighted by molar-refractivity contribution is -0.120. The van der Waals surface area contributed by atoms with Gasteiger partial charge in [0.2, 0.25) is 5.88 Å². The maximum atomic E-state index is 14.0. The lowest BCUT2D eigenvalue weighted by atomic mass is 9.98. The van der Waals surface area contributed by atoms with Crippen molar-refractivity contribution in [2.45, 2.75) is 20.3 Å². The zero-order valence-electron chi connectivity index (χ0n) is 14.5. The number of hydrogen-bond donors (Lipinski definition) is 0. The Labute approximate surface area is 146 Å². The van der Waals surface area contributed by atoms with Gasteiger partial charge < -0.3 is 4.74 Å². The number of aromatic nitrogens is 1. The van der Waals surface area contributed by atoms with Gasteiger partial charge in [-0.1, -0.05) is 37.3 Å². The number of Topliss-reactive ketones (excluding diaryl/α,β-unsaturated/α-hetero) is 1. The van der Waals surface area contributed by atoms with Crippen LogP contribution in [0.4, 0.5) is 4.39 Å².